The first kappa shape index (κ1) is 12.7. The van der Waals surface area contributed by atoms with Gasteiger partial charge < -0.3 is 20.2 Å². The molecule has 3 rings (SSSR count). The minimum Gasteiger partial charge on any atom is -0.497 e. The fourth-order valence-corrected chi connectivity index (χ4v) is 2.69. The largest absolute Gasteiger partial charge is 0.497 e. The molecule has 1 heterocycles. The van der Waals surface area contributed by atoms with Crippen LogP contribution in [0.15, 0.2) is 54.4 Å². The number of rotatable bonds is 3. The van der Waals surface area contributed by atoms with E-state index in [4.69, 9.17) is 10.5 Å². The Morgan fingerprint density at radius 2 is 2.20 bits per heavy atom. The molecule has 2 aromatic rings. The van der Waals surface area contributed by atoms with E-state index in [0.717, 1.165) is 22.8 Å². The first-order chi connectivity index (χ1) is 9.69. The molecule has 102 valence electrons. The van der Waals surface area contributed by atoms with E-state index in [-0.39, 0.29) is 0 Å². The summed E-state index contributed by atoms with van der Waals surface area (Å²) in [5.74, 6) is 0.199. The molecule has 20 heavy (non-hydrogen) atoms. The number of fused-ring (bicyclic) bond motifs is 1. The van der Waals surface area contributed by atoms with Gasteiger partial charge in [-0.15, -0.1) is 0 Å². The molecule has 0 bridgehead atoms. The first-order valence-electron chi connectivity index (χ1n) is 6.45. The van der Waals surface area contributed by atoms with Crippen LogP contribution in [0.2, 0.25) is 0 Å². The molecule has 4 nitrogen and oxygen atoms in total. The van der Waals surface area contributed by atoms with Crippen LogP contribution in [0.1, 0.15) is 5.56 Å². The molecule has 1 aliphatic carbocycles. The number of hydrogen-bond donors (Lipinski definition) is 2. The highest BCUT2D eigenvalue weighted by Crippen LogP contribution is 2.37. The van der Waals surface area contributed by atoms with Gasteiger partial charge in [0.2, 0.25) is 0 Å². The van der Waals surface area contributed by atoms with Crippen molar-refractivity contribution >= 4 is 17.2 Å². The summed E-state index contributed by atoms with van der Waals surface area (Å²) in [5, 5.41) is 1.03. The van der Waals surface area contributed by atoms with Gasteiger partial charge in [0.25, 0.3) is 0 Å². The minimum atomic E-state index is -0.858. The van der Waals surface area contributed by atoms with Gasteiger partial charge in [-0.05, 0) is 18.2 Å². The van der Waals surface area contributed by atoms with Gasteiger partial charge in [-0.1, -0.05) is 24.3 Å². The van der Waals surface area contributed by atoms with Crippen molar-refractivity contribution in [3.8, 4) is 0 Å². The number of H-pyrrole nitrogens is 1. The quantitative estimate of drug-likeness (QED) is 0.839. The van der Waals surface area contributed by atoms with Gasteiger partial charge in [-0.25, -0.2) is 0 Å². The topological polar surface area (TPSA) is 68.1 Å². The van der Waals surface area contributed by atoms with Crippen molar-refractivity contribution in [2.45, 2.75) is 5.54 Å². The zero-order valence-corrected chi connectivity index (χ0v) is 11.2. The van der Waals surface area contributed by atoms with Gasteiger partial charge >= 0.3 is 0 Å². The van der Waals surface area contributed by atoms with Crippen LogP contribution in [0.5, 0.6) is 0 Å². The molecule has 0 radical (unpaired) electrons. The summed E-state index contributed by atoms with van der Waals surface area (Å²) in [5.41, 5.74) is 7.58. The maximum absolute atomic E-state index is 11.4. The molecule has 0 spiro atoms. The number of nitrogens with one attached hydrogen (secondary N) is 1. The van der Waals surface area contributed by atoms with Crippen LogP contribution in [-0.4, -0.2) is 18.4 Å². The number of para-hydroxylation sites is 1. The van der Waals surface area contributed by atoms with Crippen molar-refractivity contribution in [2.24, 2.45) is 11.7 Å². The van der Waals surface area contributed by atoms with Gasteiger partial charge in [0, 0.05) is 22.7 Å². The van der Waals surface area contributed by atoms with Crippen molar-refractivity contribution in [3.63, 3.8) is 0 Å². The average Bonchev–Trinajstić information content (AvgIpc) is 2.92. The number of aromatic amines is 1. The third kappa shape index (κ3) is 1.77. The number of aromatic nitrogens is 1. The van der Waals surface area contributed by atoms with E-state index < -0.39 is 11.5 Å². The van der Waals surface area contributed by atoms with Crippen molar-refractivity contribution in [3.05, 3.63) is 60.0 Å². The Morgan fingerprint density at radius 1 is 1.40 bits per heavy atom. The summed E-state index contributed by atoms with van der Waals surface area (Å²) in [6, 6.07) is 7.91. The van der Waals surface area contributed by atoms with E-state index in [0.29, 0.717) is 5.76 Å². The second-order valence-corrected chi connectivity index (χ2v) is 4.95. The fourth-order valence-electron chi connectivity index (χ4n) is 2.69. The second-order valence-electron chi connectivity index (χ2n) is 4.95. The number of methoxy groups -OCH3 is 1. The van der Waals surface area contributed by atoms with Crippen LogP contribution in [0.25, 0.3) is 10.9 Å². The average molecular weight is 268 g/mol. The zero-order chi connectivity index (χ0) is 14.2. The maximum Gasteiger partial charge on any atom is 0.129 e. The predicted octanol–water partition coefficient (Wildman–Crippen LogP) is 2.24. The van der Waals surface area contributed by atoms with Gasteiger partial charge in [0.05, 0.1) is 18.6 Å². The molecule has 1 aromatic carbocycles. The number of carbonyl (C=O) groups excluding carboxylic acids is 1. The molecule has 0 aliphatic heterocycles. The van der Waals surface area contributed by atoms with E-state index in [9.17, 15) is 4.79 Å². The zero-order valence-electron chi connectivity index (χ0n) is 11.2. The van der Waals surface area contributed by atoms with Gasteiger partial charge in [-0.3, -0.25) is 0 Å². The fraction of sp³-hybridized carbons (Fsp3) is 0.188. The minimum absolute atomic E-state index is 0.457. The number of allylic oxidation sites excluding steroid dienone is 1. The predicted molar refractivity (Wildman–Crippen MR) is 78.0 cm³/mol. The van der Waals surface area contributed by atoms with E-state index in [1.54, 1.807) is 13.2 Å². The summed E-state index contributed by atoms with van der Waals surface area (Å²) < 4.78 is 5.17. The number of aldehydes is 1. The lowest BCUT2D eigenvalue weighted by Gasteiger charge is -2.32. The third-order valence-corrected chi connectivity index (χ3v) is 3.86. The molecule has 3 N–H and O–H groups in total. The number of carbonyl (C=O) groups is 1. The Balaban J connectivity index is 2.15. The standard InChI is InChI=1S/C16H16N2O2/c1-20-12-6-7-16(17,11(8-12)10-19)14-9-18-15-5-3-2-4-13(14)15/h2-11,18H,17H2,1H3. The molecule has 2 unspecified atom stereocenters. The summed E-state index contributed by atoms with van der Waals surface area (Å²) in [6.07, 6.45) is 8.14. The molecule has 2 atom stereocenters. The molecular formula is C16H16N2O2. The SMILES string of the molecule is COC1=CC(C=O)C(N)(c2c[nH]c3ccccc23)C=C1. The number of benzene rings is 1. The Bertz CT molecular complexity index is 714. The molecule has 0 fully saturated rings. The highest BCUT2D eigenvalue weighted by Gasteiger charge is 2.37. The third-order valence-electron chi connectivity index (χ3n) is 3.86. The van der Waals surface area contributed by atoms with Crippen LogP contribution in [0, 0.1) is 5.92 Å². The van der Waals surface area contributed by atoms with Crippen LogP contribution >= 0.6 is 0 Å². The van der Waals surface area contributed by atoms with Crippen LogP contribution in [0.3, 0.4) is 0 Å². The van der Waals surface area contributed by atoms with Gasteiger partial charge in [0.15, 0.2) is 0 Å². The van der Waals surface area contributed by atoms with E-state index >= 15 is 0 Å². The highest BCUT2D eigenvalue weighted by atomic mass is 16.5. The van der Waals surface area contributed by atoms with E-state index in [2.05, 4.69) is 4.98 Å². The molecule has 0 saturated carbocycles. The van der Waals surface area contributed by atoms with E-state index in [1.807, 2.05) is 42.6 Å². The second kappa shape index (κ2) is 4.65. The van der Waals surface area contributed by atoms with Gasteiger partial charge in [0.1, 0.15) is 12.0 Å². The lowest BCUT2D eigenvalue weighted by atomic mass is 9.76. The normalized spacial score (nSPS) is 25.5. The Labute approximate surface area is 116 Å². The smallest absolute Gasteiger partial charge is 0.129 e. The summed E-state index contributed by atoms with van der Waals surface area (Å²) in [4.78, 5) is 14.6. The molecule has 1 aliphatic rings. The number of hydrogen-bond acceptors (Lipinski definition) is 3. The molecule has 0 saturated heterocycles. The Morgan fingerprint density at radius 3 is 2.95 bits per heavy atom. The van der Waals surface area contributed by atoms with Crippen molar-refractivity contribution in [2.75, 3.05) is 7.11 Å². The highest BCUT2D eigenvalue weighted by molar-refractivity contribution is 5.85. The monoisotopic (exact) mass is 268 g/mol. The van der Waals surface area contributed by atoms with Crippen LogP contribution < -0.4 is 5.73 Å². The van der Waals surface area contributed by atoms with Crippen LogP contribution in [0.4, 0.5) is 0 Å². The lowest BCUT2D eigenvalue weighted by molar-refractivity contribution is -0.111. The van der Waals surface area contributed by atoms with E-state index in [1.165, 1.54) is 0 Å². The molecule has 0 amide bonds. The summed E-state index contributed by atoms with van der Waals surface area (Å²) >= 11 is 0. The lowest BCUT2D eigenvalue weighted by Crippen LogP contribution is -2.43. The van der Waals surface area contributed by atoms with Crippen molar-refractivity contribution < 1.29 is 9.53 Å². The van der Waals surface area contributed by atoms with Gasteiger partial charge in [-0.2, -0.15) is 0 Å². The first-order valence-corrected chi connectivity index (χ1v) is 6.45. The molecule has 1 aromatic heterocycles. The summed E-state index contributed by atoms with van der Waals surface area (Å²) in [7, 11) is 1.58. The van der Waals surface area contributed by atoms with Crippen molar-refractivity contribution in [1.29, 1.82) is 0 Å². The number of nitrogens with two attached hydrogens (primary N) is 1. The molecule has 4 heteroatoms. The molecular weight excluding hydrogens is 252 g/mol. The summed E-state index contributed by atoms with van der Waals surface area (Å²) in [6.45, 7) is 0. The van der Waals surface area contributed by atoms with Crippen LogP contribution in [-0.2, 0) is 15.1 Å². The van der Waals surface area contributed by atoms with Crippen molar-refractivity contribution in [1.82, 2.24) is 4.98 Å². The maximum atomic E-state index is 11.4. The number of ether oxygens (including phenoxy) is 1. The Hall–Kier alpha value is -2.33. The Kier molecular flexibility index (Phi) is 2.95.